The van der Waals surface area contributed by atoms with Gasteiger partial charge < -0.3 is 11.1 Å². The number of nitrogens with two attached hydrogens (primary N) is 1. The first kappa shape index (κ1) is 16.7. The molecule has 3 atom stereocenters. The monoisotopic (exact) mass is 276 g/mol. The third kappa shape index (κ3) is 4.34. The third-order valence-electron chi connectivity index (χ3n) is 4.18. The van der Waals surface area contributed by atoms with Crippen LogP contribution in [0.15, 0.2) is 30.3 Å². The largest absolute Gasteiger partial charge is 0.349 e. The van der Waals surface area contributed by atoms with E-state index in [1.165, 1.54) is 5.56 Å². The fourth-order valence-electron chi connectivity index (χ4n) is 2.42. The maximum Gasteiger partial charge on any atom is 0.224 e. The molecule has 1 aromatic rings. The van der Waals surface area contributed by atoms with Gasteiger partial charge in [0, 0.05) is 12.0 Å². The highest BCUT2D eigenvalue weighted by atomic mass is 16.2. The Morgan fingerprint density at radius 2 is 1.70 bits per heavy atom. The summed E-state index contributed by atoms with van der Waals surface area (Å²) in [5, 5.41) is 3.20. The molecule has 0 radical (unpaired) electrons. The summed E-state index contributed by atoms with van der Waals surface area (Å²) in [5.41, 5.74) is 7.00. The van der Waals surface area contributed by atoms with Gasteiger partial charge in [0.2, 0.25) is 5.91 Å². The average Bonchev–Trinajstić information content (AvgIpc) is 2.47. The summed E-state index contributed by atoms with van der Waals surface area (Å²) < 4.78 is 0. The second-order valence-corrected chi connectivity index (χ2v) is 5.62. The number of rotatable bonds is 7. The molecule has 0 aromatic heterocycles. The zero-order valence-corrected chi connectivity index (χ0v) is 13.1. The number of benzene rings is 1. The molecule has 0 aliphatic rings. The Morgan fingerprint density at radius 3 is 2.15 bits per heavy atom. The van der Waals surface area contributed by atoms with Crippen molar-refractivity contribution in [3.05, 3.63) is 35.9 Å². The summed E-state index contributed by atoms with van der Waals surface area (Å²) >= 11 is 0. The molecule has 0 saturated carbocycles. The van der Waals surface area contributed by atoms with Crippen LogP contribution in [0, 0.1) is 11.8 Å². The van der Waals surface area contributed by atoms with Gasteiger partial charge in [-0.15, -0.1) is 0 Å². The molecule has 1 aromatic carbocycles. The minimum absolute atomic E-state index is 0.0424. The van der Waals surface area contributed by atoms with Crippen LogP contribution < -0.4 is 11.1 Å². The van der Waals surface area contributed by atoms with E-state index in [4.69, 9.17) is 5.73 Å². The molecule has 0 spiro atoms. The predicted molar refractivity (Wildman–Crippen MR) is 84.2 cm³/mol. The van der Waals surface area contributed by atoms with Crippen molar-refractivity contribution in [2.75, 3.05) is 0 Å². The first-order chi connectivity index (χ1) is 9.51. The van der Waals surface area contributed by atoms with E-state index in [1.54, 1.807) is 0 Å². The van der Waals surface area contributed by atoms with Gasteiger partial charge in [-0.05, 0) is 18.4 Å². The number of nitrogens with one attached hydrogen (secondary N) is 1. The minimum atomic E-state index is -0.171. The minimum Gasteiger partial charge on any atom is -0.349 e. The average molecular weight is 276 g/mol. The summed E-state index contributed by atoms with van der Waals surface area (Å²) in [7, 11) is 0. The molecule has 0 bridgehead atoms. The van der Waals surface area contributed by atoms with Crippen LogP contribution >= 0.6 is 0 Å². The third-order valence-corrected chi connectivity index (χ3v) is 4.18. The van der Waals surface area contributed by atoms with E-state index < -0.39 is 0 Å². The van der Waals surface area contributed by atoms with Gasteiger partial charge in [0.1, 0.15) is 0 Å². The van der Waals surface area contributed by atoms with Crippen LogP contribution in [0.2, 0.25) is 0 Å². The molecule has 20 heavy (non-hydrogen) atoms. The lowest BCUT2D eigenvalue weighted by molar-refractivity contribution is -0.126. The summed E-state index contributed by atoms with van der Waals surface area (Å²) in [6.07, 6.45) is 2.09. The first-order valence-corrected chi connectivity index (χ1v) is 7.62. The maximum atomic E-state index is 12.3. The van der Waals surface area contributed by atoms with Crippen molar-refractivity contribution >= 4 is 5.91 Å². The van der Waals surface area contributed by atoms with E-state index >= 15 is 0 Å². The highest BCUT2D eigenvalue weighted by Gasteiger charge is 2.25. The first-order valence-electron chi connectivity index (χ1n) is 7.62. The Bertz CT molecular complexity index is 399. The van der Waals surface area contributed by atoms with Crippen LogP contribution in [-0.2, 0) is 4.79 Å². The number of amides is 1. The zero-order valence-electron chi connectivity index (χ0n) is 13.1. The summed E-state index contributed by atoms with van der Waals surface area (Å²) in [6.45, 7) is 8.10. The highest BCUT2D eigenvalue weighted by molar-refractivity contribution is 5.79. The van der Waals surface area contributed by atoms with E-state index in [2.05, 4.69) is 31.3 Å². The van der Waals surface area contributed by atoms with E-state index in [0.717, 1.165) is 12.8 Å². The number of carbonyl (C=O) groups excluding carboxylic acids is 1. The smallest absolute Gasteiger partial charge is 0.224 e. The maximum absolute atomic E-state index is 12.3. The molecular formula is C17H28N2O. The molecule has 0 aliphatic carbocycles. The molecule has 0 fully saturated rings. The molecule has 0 aliphatic heterocycles. The van der Waals surface area contributed by atoms with Crippen LogP contribution in [0.5, 0.6) is 0 Å². The molecule has 3 N–H and O–H groups in total. The fraction of sp³-hybridized carbons (Fsp3) is 0.588. The van der Waals surface area contributed by atoms with Crippen molar-refractivity contribution in [2.24, 2.45) is 17.6 Å². The van der Waals surface area contributed by atoms with E-state index in [1.807, 2.05) is 32.0 Å². The van der Waals surface area contributed by atoms with E-state index in [-0.39, 0.29) is 23.9 Å². The molecule has 0 saturated heterocycles. The predicted octanol–water partition coefficient (Wildman–Crippen LogP) is 3.26. The Balaban J connectivity index is 2.92. The second-order valence-electron chi connectivity index (χ2n) is 5.62. The molecule has 3 heteroatoms. The van der Waals surface area contributed by atoms with Gasteiger partial charge >= 0.3 is 0 Å². The Labute approximate surface area is 122 Å². The van der Waals surface area contributed by atoms with Crippen molar-refractivity contribution in [1.82, 2.24) is 5.32 Å². The normalized spacial score (nSPS) is 15.7. The van der Waals surface area contributed by atoms with Gasteiger partial charge in [-0.25, -0.2) is 0 Å². The number of hydrogen-bond donors (Lipinski definition) is 2. The summed E-state index contributed by atoms with van der Waals surface area (Å²) in [5.74, 6) is 0.318. The van der Waals surface area contributed by atoms with Gasteiger partial charge in [0.25, 0.3) is 0 Å². The summed E-state index contributed by atoms with van der Waals surface area (Å²) in [4.78, 5) is 12.3. The SMILES string of the molecule is CCC(CC)C(NC(=O)C(C)C(C)N)c1ccccc1. The van der Waals surface area contributed by atoms with Crippen LogP contribution in [0.25, 0.3) is 0 Å². The van der Waals surface area contributed by atoms with Crippen molar-refractivity contribution < 1.29 is 4.79 Å². The molecule has 0 heterocycles. The fourth-order valence-corrected chi connectivity index (χ4v) is 2.42. The number of hydrogen-bond acceptors (Lipinski definition) is 2. The van der Waals surface area contributed by atoms with Crippen molar-refractivity contribution in [3.63, 3.8) is 0 Å². The standard InChI is InChI=1S/C17H28N2O/c1-5-14(6-2)16(15-10-8-7-9-11-15)19-17(20)12(3)13(4)18/h7-14,16H,5-6,18H2,1-4H3,(H,19,20). The second kappa shape index (κ2) is 8.05. The molecule has 112 valence electrons. The lowest BCUT2D eigenvalue weighted by Gasteiger charge is -2.29. The lowest BCUT2D eigenvalue weighted by atomic mass is 9.88. The Hall–Kier alpha value is -1.35. The Kier molecular flexibility index (Phi) is 6.73. The Morgan fingerprint density at radius 1 is 1.15 bits per heavy atom. The molecule has 1 rings (SSSR count). The van der Waals surface area contributed by atoms with Crippen LogP contribution in [-0.4, -0.2) is 11.9 Å². The van der Waals surface area contributed by atoms with Crippen molar-refractivity contribution in [1.29, 1.82) is 0 Å². The quantitative estimate of drug-likeness (QED) is 0.803. The zero-order chi connectivity index (χ0) is 15.1. The topological polar surface area (TPSA) is 55.1 Å². The van der Waals surface area contributed by atoms with Gasteiger partial charge in [-0.2, -0.15) is 0 Å². The summed E-state index contributed by atoms with van der Waals surface area (Å²) in [6, 6.07) is 10.1. The molecule has 3 unspecified atom stereocenters. The van der Waals surface area contributed by atoms with Crippen LogP contribution in [0.1, 0.15) is 52.1 Å². The van der Waals surface area contributed by atoms with Crippen LogP contribution in [0.4, 0.5) is 0 Å². The number of carbonyl (C=O) groups is 1. The van der Waals surface area contributed by atoms with Gasteiger partial charge in [0.05, 0.1) is 6.04 Å². The van der Waals surface area contributed by atoms with E-state index in [9.17, 15) is 4.79 Å². The van der Waals surface area contributed by atoms with Gasteiger partial charge in [-0.3, -0.25) is 4.79 Å². The lowest BCUT2D eigenvalue weighted by Crippen LogP contribution is -2.42. The molecule has 3 nitrogen and oxygen atoms in total. The van der Waals surface area contributed by atoms with E-state index in [0.29, 0.717) is 5.92 Å². The molecule has 1 amide bonds. The van der Waals surface area contributed by atoms with Crippen molar-refractivity contribution in [2.45, 2.75) is 52.6 Å². The van der Waals surface area contributed by atoms with Gasteiger partial charge in [-0.1, -0.05) is 63.9 Å². The van der Waals surface area contributed by atoms with Crippen LogP contribution in [0.3, 0.4) is 0 Å². The molecular weight excluding hydrogens is 248 g/mol. The van der Waals surface area contributed by atoms with Crippen molar-refractivity contribution in [3.8, 4) is 0 Å². The highest BCUT2D eigenvalue weighted by Crippen LogP contribution is 2.27. The van der Waals surface area contributed by atoms with Gasteiger partial charge in [0.15, 0.2) is 0 Å².